The molecule has 4 rings (SSSR count). The van der Waals surface area contributed by atoms with Crippen LogP contribution in [0.15, 0.2) is 12.4 Å². The number of β-amino-alcohol motifs (C(OH)–C–C–N with tert-alkyl or cyclic N) is 1. The van der Waals surface area contributed by atoms with Crippen molar-refractivity contribution >= 4 is 5.91 Å². The number of H-pyrrole nitrogens is 1. The van der Waals surface area contributed by atoms with Crippen molar-refractivity contribution in [3.63, 3.8) is 0 Å². The number of rotatable bonds is 2. The van der Waals surface area contributed by atoms with Crippen LogP contribution in [-0.2, 0) is 23.8 Å². The van der Waals surface area contributed by atoms with Gasteiger partial charge in [0.2, 0.25) is 0 Å². The van der Waals surface area contributed by atoms with E-state index in [-0.39, 0.29) is 31.2 Å². The summed E-state index contributed by atoms with van der Waals surface area (Å²) in [6.45, 7) is 4.38. The molecule has 24 heavy (non-hydrogen) atoms. The van der Waals surface area contributed by atoms with E-state index < -0.39 is 5.60 Å². The number of aromatic amines is 1. The van der Waals surface area contributed by atoms with E-state index in [1.807, 2.05) is 20.9 Å². The third kappa shape index (κ3) is 2.17. The van der Waals surface area contributed by atoms with Crippen molar-refractivity contribution in [3.05, 3.63) is 35.2 Å². The van der Waals surface area contributed by atoms with E-state index in [2.05, 4.69) is 15.2 Å². The van der Waals surface area contributed by atoms with E-state index >= 15 is 0 Å². The molecule has 0 spiro atoms. The van der Waals surface area contributed by atoms with Gasteiger partial charge in [-0.25, -0.2) is 4.98 Å². The number of fused-ring (bicyclic) bond motifs is 1. The number of carbonyl (C=O) groups excluding carboxylic acids is 1. The number of imidazole rings is 1. The Bertz CT molecular complexity index is 789. The SMILES string of the molecule is C[C@@H]1Cc2c(C(=O)N3CC(O)(c4nccn4C)C3)n[nH]c2[C@H](C)O1. The highest BCUT2D eigenvalue weighted by molar-refractivity contribution is 5.94. The molecule has 2 aromatic heterocycles. The van der Waals surface area contributed by atoms with Gasteiger partial charge in [0.25, 0.3) is 5.91 Å². The predicted molar refractivity (Wildman–Crippen MR) is 84.3 cm³/mol. The first-order valence-corrected chi connectivity index (χ1v) is 8.11. The zero-order valence-corrected chi connectivity index (χ0v) is 14.0. The number of aliphatic hydroxyl groups is 1. The van der Waals surface area contributed by atoms with Gasteiger partial charge in [0, 0.05) is 31.4 Å². The second-order valence-electron chi connectivity index (χ2n) is 6.81. The molecule has 8 heteroatoms. The molecule has 2 aliphatic heterocycles. The first-order valence-electron chi connectivity index (χ1n) is 8.11. The van der Waals surface area contributed by atoms with Gasteiger partial charge < -0.3 is 19.3 Å². The molecule has 2 atom stereocenters. The highest BCUT2D eigenvalue weighted by Crippen LogP contribution is 2.34. The zero-order chi connectivity index (χ0) is 17.1. The standard InChI is InChI=1S/C16H21N5O3/c1-9-6-11-12(10(2)24-9)18-19-13(11)14(22)21-7-16(23,8-21)15-17-4-5-20(15)3/h4-5,9-10,23H,6-8H2,1-3H3,(H,18,19)/t9-,10+/m1/s1. The van der Waals surface area contributed by atoms with Gasteiger partial charge in [0.15, 0.2) is 11.3 Å². The summed E-state index contributed by atoms with van der Waals surface area (Å²) in [5, 5.41) is 17.8. The molecule has 2 N–H and O–H groups in total. The summed E-state index contributed by atoms with van der Waals surface area (Å²) in [6, 6.07) is 0. The van der Waals surface area contributed by atoms with Crippen LogP contribution in [0.1, 0.15) is 47.5 Å². The minimum Gasteiger partial charge on any atom is -0.378 e. The number of likely N-dealkylation sites (tertiary alicyclic amines) is 1. The summed E-state index contributed by atoms with van der Waals surface area (Å²) in [6.07, 6.45) is 4.04. The molecule has 0 aromatic carbocycles. The van der Waals surface area contributed by atoms with E-state index in [4.69, 9.17) is 4.74 Å². The lowest BCUT2D eigenvalue weighted by Gasteiger charge is -2.45. The summed E-state index contributed by atoms with van der Waals surface area (Å²) in [5.41, 5.74) is 1.15. The molecule has 1 amide bonds. The van der Waals surface area contributed by atoms with Crippen molar-refractivity contribution in [2.75, 3.05) is 13.1 Å². The lowest BCUT2D eigenvalue weighted by molar-refractivity contribution is -0.0940. The quantitative estimate of drug-likeness (QED) is 0.836. The Morgan fingerprint density at radius 3 is 2.88 bits per heavy atom. The number of aryl methyl sites for hydroxylation is 1. The average Bonchev–Trinajstić information content (AvgIpc) is 3.09. The molecule has 0 aliphatic carbocycles. The second-order valence-corrected chi connectivity index (χ2v) is 6.81. The fraction of sp³-hybridized carbons (Fsp3) is 0.562. The maximum atomic E-state index is 12.8. The number of carbonyl (C=O) groups is 1. The van der Waals surface area contributed by atoms with Gasteiger partial charge in [-0.1, -0.05) is 0 Å². The summed E-state index contributed by atoms with van der Waals surface area (Å²) in [5.74, 6) is 0.416. The van der Waals surface area contributed by atoms with Gasteiger partial charge >= 0.3 is 0 Å². The number of nitrogens with zero attached hydrogens (tertiary/aromatic N) is 4. The summed E-state index contributed by atoms with van der Waals surface area (Å²) >= 11 is 0. The third-order valence-corrected chi connectivity index (χ3v) is 4.87. The van der Waals surface area contributed by atoms with Gasteiger partial charge in [-0.05, 0) is 13.8 Å². The molecule has 0 unspecified atom stereocenters. The highest BCUT2D eigenvalue weighted by Gasteiger charge is 2.48. The Kier molecular flexibility index (Phi) is 3.29. The summed E-state index contributed by atoms with van der Waals surface area (Å²) in [4.78, 5) is 18.6. The number of nitrogens with one attached hydrogen (secondary N) is 1. The molecule has 0 saturated carbocycles. The number of ether oxygens (including phenoxy) is 1. The average molecular weight is 331 g/mol. The lowest BCUT2D eigenvalue weighted by atomic mass is 9.91. The Labute approximate surface area is 139 Å². The van der Waals surface area contributed by atoms with Crippen LogP contribution in [0.5, 0.6) is 0 Å². The number of hydrogen-bond donors (Lipinski definition) is 2. The normalized spacial score (nSPS) is 25.2. The highest BCUT2D eigenvalue weighted by atomic mass is 16.5. The van der Waals surface area contributed by atoms with Crippen molar-refractivity contribution in [2.45, 2.75) is 38.1 Å². The minimum atomic E-state index is -1.09. The third-order valence-electron chi connectivity index (χ3n) is 4.87. The molecular formula is C16H21N5O3. The van der Waals surface area contributed by atoms with E-state index in [0.717, 1.165) is 11.3 Å². The summed E-state index contributed by atoms with van der Waals surface area (Å²) in [7, 11) is 1.83. The molecule has 4 heterocycles. The molecule has 128 valence electrons. The van der Waals surface area contributed by atoms with Gasteiger partial charge in [0.1, 0.15) is 5.82 Å². The Morgan fingerprint density at radius 2 is 2.21 bits per heavy atom. The largest absolute Gasteiger partial charge is 0.378 e. The zero-order valence-electron chi connectivity index (χ0n) is 14.0. The van der Waals surface area contributed by atoms with Crippen molar-refractivity contribution in [3.8, 4) is 0 Å². The topological polar surface area (TPSA) is 96.3 Å². The molecule has 8 nitrogen and oxygen atoms in total. The number of aromatic nitrogens is 4. The van der Waals surface area contributed by atoms with Crippen molar-refractivity contribution < 1.29 is 14.6 Å². The van der Waals surface area contributed by atoms with E-state index in [9.17, 15) is 9.90 Å². The van der Waals surface area contributed by atoms with Gasteiger partial charge in [-0.2, -0.15) is 5.10 Å². The van der Waals surface area contributed by atoms with Gasteiger partial charge in [0.05, 0.1) is 31.0 Å². The maximum Gasteiger partial charge on any atom is 0.274 e. The molecule has 2 aliphatic rings. The monoisotopic (exact) mass is 331 g/mol. The Morgan fingerprint density at radius 1 is 1.46 bits per heavy atom. The van der Waals surface area contributed by atoms with Gasteiger partial charge in [-0.15, -0.1) is 0 Å². The fourth-order valence-electron chi connectivity index (χ4n) is 3.68. The van der Waals surface area contributed by atoms with Crippen LogP contribution < -0.4 is 0 Å². The van der Waals surface area contributed by atoms with E-state index in [1.165, 1.54) is 0 Å². The van der Waals surface area contributed by atoms with Crippen molar-refractivity contribution in [2.24, 2.45) is 7.05 Å². The molecule has 1 saturated heterocycles. The van der Waals surface area contributed by atoms with Crippen LogP contribution in [-0.4, -0.2) is 54.9 Å². The van der Waals surface area contributed by atoms with Crippen molar-refractivity contribution in [1.82, 2.24) is 24.6 Å². The first-order chi connectivity index (χ1) is 11.4. The molecule has 0 radical (unpaired) electrons. The molecule has 0 bridgehead atoms. The first kappa shape index (κ1) is 15.3. The van der Waals surface area contributed by atoms with Crippen LogP contribution in [0.25, 0.3) is 0 Å². The predicted octanol–water partition coefficient (Wildman–Crippen LogP) is 0.509. The smallest absolute Gasteiger partial charge is 0.274 e. The van der Waals surface area contributed by atoms with E-state index in [0.29, 0.717) is 17.9 Å². The maximum absolute atomic E-state index is 12.8. The van der Waals surface area contributed by atoms with Crippen LogP contribution in [0.4, 0.5) is 0 Å². The van der Waals surface area contributed by atoms with Crippen LogP contribution >= 0.6 is 0 Å². The number of amides is 1. The van der Waals surface area contributed by atoms with Gasteiger partial charge in [-0.3, -0.25) is 9.89 Å². The number of hydrogen-bond acceptors (Lipinski definition) is 5. The van der Waals surface area contributed by atoms with Crippen LogP contribution in [0.3, 0.4) is 0 Å². The van der Waals surface area contributed by atoms with Crippen molar-refractivity contribution in [1.29, 1.82) is 0 Å². The van der Waals surface area contributed by atoms with Crippen LogP contribution in [0, 0.1) is 0 Å². The Hall–Kier alpha value is -2.19. The molecule has 2 aromatic rings. The second kappa shape index (κ2) is 5.15. The Balaban J connectivity index is 1.54. The summed E-state index contributed by atoms with van der Waals surface area (Å²) < 4.78 is 7.53. The minimum absolute atomic E-state index is 0.0533. The van der Waals surface area contributed by atoms with E-state index in [1.54, 1.807) is 21.9 Å². The molecular weight excluding hydrogens is 310 g/mol. The molecule has 1 fully saturated rings. The fourth-order valence-corrected chi connectivity index (χ4v) is 3.68. The lowest BCUT2D eigenvalue weighted by Crippen LogP contribution is -2.62. The van der Waals surface area contributed by atoms with Crippen LogP contribution in [0.2, 0.25) is 0 Å².